The van der Waals surface area contributed by atoms with Crippen LogP contribution in [0.1, 0.15) is 83.6 Å². The van der Waals surface area contributed by atoms with Crippen molar-refractivity contribution in [1.82, 2.24) is 30.1 Å². The molecule has 10 nitrogen and oxygen atoms in total. The van der Waals surface area contributed by atoms with Crippen molar-refractivity contribution in [3.05, 3.63) is 81.7 Å². The summed E-state index contributed by atoms with van der Waals surface area (Å²) >= 11 is 1.41. The number of aliphatic carboxylic acids is 1. The summed E-state index contributed by atoms with van der Waals surface area (Å²) in [6, 6.07) is 11.7. The topological polar surface area (TPSA) is 129 Å². The molecule has 1 aliphatic heterocycles. The van der Waals surface area contributed by atoms with Crippen LogP contribution in [0, 0.1) is 5.92 Å². The number of nitrogens with one attached hydrogen (secondary N) is 2. The molecule has 1 fully saturated rings. The molecule has 1 saturated heterocycles. The summed E-state index contributed by atoms with van der Waals surface area (Å²) in [6.07, 6.45) is 9.01. The van der Waals surface area contributed by atoms with E-state index in [0.29, 0.717) is 23.5 Å². The van der Waals surface area contributed by atoms with Crippen molar-refractivity contribution in [2.24, 2.45) is 13.0 Å². The Bertz CT molecular complexity index is 1620. The van der Waals surface area contributed by atoms with Crippen LogP contribution >= 0.6 is 11.3 Å². The van der Waals surface area contributed by atoms with Gasteiger partial charge in [0.2, 0.25) is 0 Å². The first-order valence-corrected chi connectivity index (χ1v) is 16.5. The number of carboxylic acid groups (broad SMARTS) is 1. The molecule has 11 heteroatoms. The number of likely N-dealkylation sites (tertiary alicyclic amines) is 1. The number of amides is 3. The number of nitrogens with zero attached hydrogens (tertiary/aromatic N) is 4. The molecule has 0 spiro atoms. The number of hydrogen-bond donors (Lipinski definition) is 3. The van der Waals surface area contributed by atoms with Crippen LogP contribution in [-0.2, 0) is 24.7 Å². The van der Waals surface area contributed by atoms with Gasteiger partial charge in [-0.2, -0.15) is 0 Å². The number of aryl methyl sites for hydroxylation is 1. The minimum absolute atomic E-state index is 0.0411. The van der Waals surface area contributed by atoms with Crippen molar-refractivity contribution in [1.29, 1.82) is 0 Å². The molecule has 4 aromatic rings. The third-order valence-electron chi connectivity index (χ3n) is 8.20. The highest BCUT2D eigenvalue weighted by Crippen LogP contribution is 2.32. The lowest BCUT2D eigenvalue weighted by Gasteiger charge is -2.25. The average Bonchev–Trinajstić information content (AvgIpc) is 3.44. The Labute approximate surface area is 267 Å². The molecule has 0 aliphatic carbocycles. The van der Waals surface area contributed by atoms with Gasteiger partial charge < -0.3 is 25.2 Å². The summed E-state index contributed by atoms with van der Waals surface area (Å²) in [5.74, 6) is -1.45. The molecule has 238 valence electrons. The summed E-state index contributed by atoms with van der Waals surface area (Å²) in [7, 11) is 1.99. The highest BCUT2D eigenvalue weighted by molar-refractivity contribution is 7.12. The third kappa shape index (κ3) is 8.08. The van der Waals surface area contributed by atoms with E-state index >= 15 is 0 Å². The van der Waals surface area contributed by atoms with Crippen LogP contribution in [-0.4, -0.2) is 61.6 Å². The normalized spacial score (nSPS) is 15.1. The number of hydrogen-bond acceptors (Lipinski definition) is 6. The minimum atomic E-state index is -1.18. The maximum Gasteiger partial charge on any atom is 0.326 e. The van der Waals surface area contributed by atoms with Crippen LogP contribution < -0.4 is 10.6 Å². The Morgan fingerprint density at radius 3 is 2.42 bits per heavy atom. The maximum atomic E-state index is 13.8. The van der Waals surface area contributed by atoms with Gasteiger partial charge in [-0.05, 0) is 48.9 Å². The Balaban J connectivity index is 1.48. The predicted octanol–water partition coefficient (Wildman–Crippen LogP) is 5.72. The van der Waals surface area contributed by atoms with Crippen LogP contribution in [0.5, 0.6) is 0 Å². The van der Waals surface area contributed by atoms with Gasteiger partial charge in [-0.15, -0.1) is 11.3 Å². The number of carboxylic acids is 1. The molecule has 45 heavy (non-hydrogen) atoms. The molecule has 1 aliphatic rings. The Kier molecular flexibility index (Phi) is 10.5. The molecular weight excluding hydrogens is 588 g/mol. The fourth-order valence-corrected chi connectivity index (χ4v) is 7.07. The number of fused-ring (bicyclic) bond motifs is 1. The number of para-hydroxylation sites is 1. The number of benzene rings is 1. The summed E-state index contributed by atoms with van der Waals surface area (Å²) in [6.45, 7) is 5.65. The SMILES string of the molecule is CC(C)CC(NC(=O)N1CCCCCC1)c1nc(C(=O)NC(Cc2ccccn2)C(=O)O)c(Cc2cn(C)c3ccccc23)s1. The van der Waals surface area contributed by atoms with E-state index in [1.165, 1.54) is 11.3 Å². The zero-order chi connectivity index (χ0) is 31.9. The number of carbonyl (C=O) groups is 3. The summed E-state index contributed by atoms with van der Waals surface area (Å²) < 4.78 is 2.06. The van der Waals surface area contributed by atoms with Crippen molar-refractivity contribution in [2.75, 3.05) is 13.1 Å². The Morgan fingerprint density at radius 1 is 1.00 bits per heavy atom. The number of carbonyl (C=O) groups excluding carboxylic acids is 2. The lowest BCUT2D eigenvalue weighted by Crippen LogP contribution is -2.43. The van der Waals surface area contributed by atoms with Crippen LogP contribution in [0.15, 0.2) is 54.9 Å². The largest absolute Gasteiger partial charge is 0.480 e. The first-order chi connectivity index (χ1) is 21.7. The van der Waals surface area contributed by atoms with Gasteiger partial charge in [0, 0.05) is 66.8 Å². The summed E-state index contributed by atoms with van der Waals surface area (Å²) in [5, 5.41) is 17.6. The quantitative estimate of drug-likeness (QED) is 0.194. The van der Waals surface area contributed by atoms with E-state index in [1.807, 2.05) is 24.1 Å². The van der Waals surface area contributed by atoms with Crippen molar-refractivity contribution >= 4 is 40.1 Å². The Morgan fingerprint density at radius 2 is 1.73 bits per heavy atom. The van der Waals surface area contributed by atoms with Gasteiger partial charge >= 0.3 is 12.0 Å². The molecule has 3 amide bonds. The van der Waals surface area contributed by atoms with E-state index in [9.17, 15) is 19.5 Å². The second-order valence-electron chi connectivity index (χ2n) is 12.2. The van der Waals surface area contributed by atoms with E-state index in [1.54, 1.807) is 24.4 Å². The second kappa shape index (κ2) is 14.7. The number of pyridine rings is 1. The van der Waals surface area contributed by atoms with Crippen molar-refractivity contribution in [3.63, 3.8) is 0 Å². The van der Waals surface area contributed by atoms with E-state index in [2.05, 4.69) is 52.4 Å². The van der Waals surface area contributed by atoms with E-state index in [-0.39, 0.29) is 30.1 Å². The van der Waals surface area contributed by atoms with Gasteiger partial charge in [0.1, 0.15) is 16.7 Å². The fourth-order valence-electron chi connectivity index (χ4n) is 5.92. The maximum absolute atomic E-state index is 13.8. The lowest BCUT2D eigenvalue weighted by atomic mass is 10.0. The number of aromatic nitrogens is 3. The van der Waals surface area contributed by atoms with Crippen LogP contribution in [0.4, 0.5) is 4.79 Å². The van der Waals surface area contributed by atoms with Gasteiger partial charge in [0.05, 0.1) is 6.04 Å². The highest BCUT2D eigenvalue weighted by atomic mass is 32.1. The molecule has 2 atom stereocenters. The highest BCUT2D eigenvalue weighted by Gasteiger charge is 2.29. The zero-order valence-corrected chi connectivity index (χ0v) is 27.0. The first-order valence-electron chi connectivity index (χ1n) is 15.7. The van der Waals surface area contributed by atoms with Crippen LogP contribution in [0.2, 0.25) is 0 Å². The number of rotatable bonds is 11. The molecular formula is C34H42N6O4S. The Hall–Kier alpha value is -4.25. The van der Waals surface area contributed by atoms with Crippen molar-refractivity contribution in [3.8, 4) is 0 Å². The molecule has 0 saturated carbocycles. The van der Waals surface area contributed by atoms with Crippen molar-refractivity contribution < 1.29 is 19.5 Å². The monoisotopic (exact) mass is 630 g/mol. The lowest BCUT2D eigenvalue weighted by molar-refractivity contribution is -0.139. The van der Waals surface area contributed by atoms with Gasteiger partial charge in [-0.25, -0.2) is 14.6 Å². The average molecular weight is 631 g/mol. The summed E-state index contributed by atoms with van der Waals surface area (Å²) in [5.41, 5.74) is 2.86. The van der Waals surface area contributed by atoms with Gasteiger partial charge in [0.25, 0.3) is 5.91 Å². The number of thiazole rings is 1. The molecule has 0 radical (unpaired) electrons. The smallest absolute Gasteiger partial charge is 0.326 e. The van der Waals surface area contributed by atoms with E-state index in [0.717, 1.165) is 60.1 Å². The molecule has 3 aromatic heterocycles. The second-order valence-corrected chi connectivity index (χ2v) is 13.3. The van der Waals surface area contributed by atoms with Crippen LogP contribution in [0.3, 0.4) is 0 Å². The molecule has 1 aromatic carbocycles. The first kappa shape index (κ1) is 32.2. The zero-order valence-electron chi connectivity index (χ0n) is 26.2. The number of urea groups is 1. The summed E-state index contributed by atoms with van der Waals surface area (Å²) in [4.78, 5) is 51.2. The standard InChI is InChI=1S/C34H42N6O4S/c1-22(2)18-26(37-34(44)40-16-10-4-5-11-17-40)32-38-30(31(41)36-27(33(42)43)20-24-12-8-9-15-35-24)29(45-32)19-23-21-39(3)28-14-7-6-13-25(23)28/h6-9,12-15,21-22,26-27H,4-5,10-11,16-20H2,1-3H3,(H,36,41)(H,37,44)(H,42,43). The predicted molar refractivity (Wildman–Crippen MR) is 175 cm³/mol. The molecule has 0 bridgehead atoms. The molecule has 3 N–H and O–H groups in total. The molecule has 5 rings (SSSR count). The van der Waals surface area contributed by atoms with Crippen molar-refractivity contribution in [2.45, 2.75) is 70.9 Å². The third-order valence-corrected chi connectivity index (χ3v) is 9.37. The van der Waals surface area contributed by atoms with Gasteiger partial charge in [0.15, 0.2) is 0 Å². The molecule has 4 heterocycles. The van der Waals surface area contributed by atoms with E-state index in [4.69, 9.17) is 4.98 Å². The molecule has 2 unspecified atom stereocenters. The van der Waals surface area contributed by atoms with Crippen LogP contribution in [0.25, 0.3) is 10.9 Å². The minimum Gasteiger partial charge on any atom is -0.480 e. The van der Waals surface area contributed by atoms with Gasteiger partial charge in [-0.1, -0.05) is 51.0 Å². The van der Waals surface area contributed by atoms with E-state index < -0.39 is 17.9 Å². The van der Waals surface area contributed by atoms with Gasteiger partial charge in [-0.3, -0.25) is 9.78 Å². The fraction of sp³-hybridized carbons (Fsp3) is 0.441.